The van der Waals surface area contributed by atoms with Crippen LogP contribution in [0.2, 0.25) is 0 Å². The van der Waals surface area contributed by atoms with Gasteiger partial charge in [-0.05, 0) is 24.3 Å². The highest BCUT2D eigenvalue weighted by Gasteiger charge is 2.09. The average molecular weight is 368 g/mol. The van der Waals surface area contributed by atoms with Gasteiger partial charge in [0.05, 0.1) is 18.5 Å². The fraction of sp³-hybridized carbons (Fsp3) is 0.158. The number of anilines is 3. The van der Waals surface area contributed by atoms with E-state index >= 15 is 0 Å². The first-order valence-electron chi connectivity index (χ1n) is 8.01. The Balaban J connectivity index is 1.78. The van der Waals surface area contributed by atoms with Crippen LogP contribution in [0.25, 0.3) is 11.3 Å². The van der Waals surface area contributed by atoms with Crippen molar-refractivity contribution in [2.75, 3.05) is 31.8 Å². The quantitative estimate of drug-likeness (QED) is 0.688. The molecule has 0 atom stereocenters. The highest BCUT2D eigenvalue weighted by Crippen LogP contribution is 2.31. The van der Waals surface area contributed by atoms with E-state index in [1.165, 1.54) is 16.2 Å². The van der Waals surface area contributed by atoms with Gasteiger partial charge in [-0.2, -0.15) is 0 Å². The minimum Gasteiger partial charge on any atom is -0.495 e. The van der Waals surface area contributed by atoms with Crippen LogP contribution in [0.3, 0.4) is 0 Å². The molecule has 0 bridgehead atoms. The molecule has 2 amide bonds. The number of nitrogens with one attached hydrogen (secondary N) is 2. The molecule has 6 nitrogen and oxygen atoms in total. The zero-order valence-corrected chi connectivity index (χ0v) is 15.6. The minimum absolute atomic E-state index is 0.168. The molecule has 0 aliphatic rings. The van der Waals surface area contributed by atoms with Gasteiger partial charge in [0.1, 0.15) is 5.75 Å². The molecule has 1 aromatic heterocycles. The van der Waals surface area contributed by atoms with Gasteiger partial charge in [-0.3, -0.25) is 0 Å². The zero-order valence-electron chi connectivity index (χ0n) is 14.8. The largest absolute Gasteiger partial charge is 0.495 e. The van der Waals surface area contributed by atoms with Crippen molar-refractivity contribution in [1.82, 2.24) is 9.88 Å². The van der Waals surface area contributed by atoms with E-state index in [2.05, 4.69) is 15.6 Å². The van der Waals surface area contributed by atoms with Crippen molar-refractivity contribution in [2.45, 2.75) is 0 Å². The van der Waals surface area contributed by atoms with Crippen molar-refractivity contribution in [3.8, 4) is 17.0 Å². The second-order valence-corrected chi connectivity index (χ2v) is 6.63. The fourth-order valence-corrected chi connectivity index (χ4v) is 3.05. The number of ether oxygens (including phenoxy) is 1. The van der Waals surface area contributed by atoms with Crippen molar-refractivity contribution in [1.29, 1.82) is 0 Å². The van der Waals surface area contributed by atoms with Gasteiger partial charge in [0.25, 0.3) is 0 Å². The van der Waals surface area contributed by atoms with Crippen LogP contribution < -0.4 is 15.4 Å². The molecule has 0 fully saturated rings. The van der Waals surface area contributed by atoms with Crippen LogP contribution in [-0.2, 0) is 0 Å². The molecule has 134 valence electrons. The minimum atomic E-state index is -0.168. The van der Waals surface area contributed by atoms with E-state index in [1.54, 1.807) is 21.2 Å². The van der Waals surface area contributed by atoms with E-state index in [0.717, 1.165) is 33.5 Å². The van der Waals surface area contributed by atoms with E-state index in [0.29, 0.717) is 0 Å². The number of amides is 2. The number of methoxy groups -OCH3 is 1. The molecule has 0 aliphatic heterocycles. The molecule has 2 N–H and O–H groups in total. The molecule has 0 spiro atoms. The third kappa shape index (κ3) is 4.12. The van der Waals surface area contributed by atoms with Gasteiger partial charge in [0.2, 0.25) is 0 Å². The number of hydrogen-bond acceptors (Lipinski definition) is 5. The molecular formula is C19H20N4O2S. The molecule has 0 unspecified atom stereocenters. The van der Waals surface area contributed by atoms with Crippen LogP contribution >= 0.6 is 11.3 Å². The lowest BCUT2D eigenvalue weighted by molar-refractivity contribution is 0.230. The lowest BCUT2D eigenvalue weighted by atomic mass is 10.1. The number of hydrogen-bond donors (Lipinski definition) is 2. The van der Waals surface area contributed by atoms with Crippen molar-refractivity contribution < 1.29 is 9.53 Å². The van der Waals surface area contributed by atoms with Crippen LogP contribution in [0.5, 0.6) is 5.75 Å². The number of aromatic nitrogens is 1. The number of carbonyl (C=O) groups excluding carboxylic acids is 1. The van der Waals surface area contributed by atoms with Crippen LogP contribution in [-0.4, -0.2) is 37.1 Å². The van der Waals surface area contributed by atoms with E-state index in [9.17, 15) is 4.79 Å². The summed E-state index contributed by atoms with van der Waals surface area (Å²) in [4.78, 5) is 17.9. The maximum Gasteiger partial charge on any atom is 0.321 e. The van der Waals surface area contributed by atoms with E-state index in [1.807, 2.05) is 53.9 Å². The number of para-hydroxylation sites is 2. The summed E-state index contributed by atoms with van der Waals surface area (Å²) in [6.07, 6.45) is 0. The molecule has 0 saturated heterocycles. The first kappa shape index (κ1) is 17.8. The summed E-state index contributed by atoms with van der Waals surface area (Å²) in [5, 5.41) is 8.87. The van der Waals surface area contributed by atoms with Crippen LogP contribution in [0.15, 0.2) is 53.9 Å². The monoisotopic (exact) mass is 368 g/mol. The topological polar surface area (TPSA) is 66.5 Å². The van der Waals surface area contributed by atoms with Gasteiger partial charge in [-0.25, -0.2) is 9.78 Å². The third-order valence-corrected chi connectivity index (χ3v) is 4.43. The fourth-order valence-electron chi connectivity index (χ4n) is 2.32. The summed E-state index contributed by atoms with van der Waals surface area (Å²) >= 11 is 1.51. The van der Waals surface area contributed by atoms with E-state index in [-0.39, 0.29) is 6.03 Å². The maximum atomic E-state index is 11.8. The van der Waals surface area contributed by atoms with Gasteiger partial charge >= 0.3 is 6.03 Å². The predicted octanol–water partition coefficient (Wildman–Crippen LogP) is 4.66. The summed E-state index contributed by atoms with van der Waals surface area (Å²) in [5.74, 6) is 0.762. The van der Waals surface area contributed by atoms with Gasteiger partial charge in [0, 0.05) is 30.7 Å². The number of carbonyl (C=O) groups is 1. The zero-order chi connectivity index (χ0) is 18.5. The molecule has 3 rings (SSSR count). The highest BCUT2D eigenvalue weighted by atomic mass is 32.1. The summed E-state index contributed by atoms with van der Waals surface area (Å²) < 4.78 is 5.35. The molecule has 0 saturated carbocycles. The summed E-state index contributed by atoms with van der Waals surface area (Å²) in [6.45, 7) is 0. The Morgan fingerprint density at radius 3 is 2.73 bits per heavy atom. The summed E-state index contributed by atoms with van der Waals surface area (Å²) in [7, 11) is 5.05. The first-order chi connectivity index (χ1) is 12.6. The maximum absolute atomic E-state index is 11.8. The first-order valence-corrected chi connectivity index (χ1v) is 8.89. The van der Waals surface area contributed by atoms with Crippen molar-refractivity contribution in [3.63, 3.8) is 0 Å². The molecule has 7 heteroatoms. The van der Waals surface area contributed by atoms with E-state index < -0.39 is 0 Å². The van der Waals surface area contributed by atoms with Crippen molar-refractivity contribution in [2.24, 2.45) is 0 Å². The Labute approximate surface area is 156 Å². The van der Waals surface area contributed by atoms with Crippen LogP contribution in [0, 0.1) is 0 Å². The molecule has 0 aliphatic carbocycles. The van der Waals surface area contributed by atoms with Crippen molar-refractivity contribution >= 4 is 33.9 Å². The summed E-state index contributed by atoms with van der Waals surface area (Å²) in [6, 6.07) is 15.2. The number of benzene rings is 2. The molecule has 1 heterocycles. The van der Waals surface area contributed by atoms with Gasteiger partial charge < -0.3 is 20.3 Å². The number of thiazole rings is 1. The SMILES string of the molecule is COc1ccccc1Nc1nc(-c2cccc(NC(=O)N(C)C)c2)cs1. The normalized spacial score (nSPS) is 10.3. The second kappa shape index (κ2) is 7.88. The van der Waals surface area contributed by atoms with E-state index in [4.69, 9.17) is 4.74 Å². The molecule has 2 aromatic carbocycles. The molecule has 26 heavy (non-hydrogen) atoms. The lowest BCUT2D eigenvalue weighted by Gasteiger charge is -2.12. The number of nitrogens with zero attached hydrogens (tertiary/aromatic N) is 2. The Morgan fingerprint density at radius 2 is 1.96 bits per heavy atom. The second-order valence-electron chi connectivity index (χ2n) is 5.77. The Morgan fingerprint density at radius 1 is 1.15 bits per heavy atom. The third-order valence-electron chi connectivity index (χ3n) is 3.67. The van der Waals surface area contributed by atoms with Crippen LogP contribution in [0.4, 0.5) is 21.3 Å². The number of rotatable bonds is 5. The number of urea groups is 1. The average Bonchev–Trinajstić information content (AvgIpc) is 3.11. The highest BCUT2D eigenvalue weighted by molar-refractivity contribution is 7.14. The van der Waals surface area contributed by atoms with Crippen LogP contribution in [0.1, 0.15) is 0 Å². The molecule has 3 aromatic rings. The standard InChI is InChI=1S/C19H20N4O2S/c1-23(2)19(24)20-14-8-6-7-13(11-14)16-12-26-18(22-16)21-15-9-4-5-10-17(15)25-3/h4-12H,1-3H3,(H,20,24)(H,21,22). The van der Waals surface area contributed by atoms with Gasteiger partial charge in [-0.15, -0.1) is 11.3 Å². The van der Waals surface area contributed by atoms with Gasteiger partial charge in [-0.1, -0.05) is 24.3 Å². The Kier molecular flexibility index (Phi) is 5.38. The predicted molar refractivity (Wildman–Crippen MR) is 107 cm³/mol. The molecule has 0 radical (unpaired) electrons. The summed E-state index contributed by atoms with van der Waals surface area (Å²) in [5.41, 5.74) is 3.37. The Hall–Kier alpha value is -3.06. The smallest absolute Gasteiger partial charge is 0.321 e. The molecular weight excluding hydrogens is 348 g/mol. The Bertz CT molecular complexity index is 908. The van der Waals surface area contributed by atoms with Crippen molar-refractivity contribution in [3.05, 3.63) is 53.9 Å². The van der Waals surface area contributed by atoms with Gasteiger partial charge in [0.15, 0.2) is 5.13 Å². The lowest BCUT2D eigenvalue weighted by Crippen LogP contribution is -2.27.